The molecule has 2 aliphatic heterocycles. The highest BCUT2D eigenvalue weighted by atomic mass is 35.5. The van der Waals surface area contributed by atoms with Crippen molar-refractivity contribution in [2.75, 3.05) is 49.1 Å². The van der Waals surface area contributed by atoms with Crippen LogP contribution in [0.4, 0.5) is 10.8 Å². The van der Waals surface area contributed by atoms with Crippen LogP contribution >= 0.6 is 34.5 Å². The van der Waals surface area contributed by atoms with E-state index in [1.165, 1.54) is 4.70 Å². The number of aromatic nitrogens is 1. The Kier molecular flexibility index (Phi) is 5.95. The number of fused-ring (bicyclic) bond motifs is 1. The van der Waals surface area contributed by atoms with Crippen molar-refractivity contribution in [2.45, 2.75) is 12.8 Å². The Morgan fingerprint density at radius 2 is 1.77 bits per heavy atom. The maximum atomic E-state index is 13.3. The molecule has 0 bridgehead atoms. The number of amides is 1. The highest BCUT2D eigenvalue weighted by Crippen LogP contribution is 2.34. The number of para-hydroxylation sites is 1. The van der Waals surface area contributed by atoms with Gasteiger partial charge in [0.15, 0.2) is 5.13 Å². The molecule has 1 aromatic heterocycles. The van der Waals surface area contributed by atoms with E-state index in [0.29, 0.717) is 23.1 Å². The second kappa shape index (κ2) is 8.85. The number of anilines is 2. The van der Waals surface area contributed by atoms with Crippen LogP contribution in [0.1, 0.15) is 12.8 Å². The van der Waals surface area contributed by atoms with Gasteiger partial charge >= 0.3 is 0 Å². The Morgan fingerprint density at radius 3 is 2.58 bits per heavy atom. The molecule has 0 N–H and O–H groups in total. The number of thiazole rings is 1. The normalized spacial score (nSPS) is 19.8. The first-order chi connectivity index (χ1) is 15.1. The molecule has 0 aliphatic carbocycles. The molecule has 5 rings (SSSR count). The van der Waals surface area contributed by atoms with E-state index in [1.807, 2.05) is 35.2 Å². The van der Waals surface area contributed by atoms with Crippen molar-refractivity contribution < 1.29 is 4.79 Å². The maximum absolute atomic E-state index is 13.3. The minimum absolute atomic E-state index is 0.0297. The molecule has 31 heavy (non-hydrogen) atoms. The molecule has 2 saturated heterocycles. The van der Waals surface area contributed by atoms with Crippen molar-refractivity contribution >= 4 is 61.5 Å². The van der Waals surface area contributed by atoms with Crippen LogP contribution in [0, 0.1) is 5.92 Å². The van der Waals surface area contributed by atoms with Crippen molar-refractivity contribution in [2.24, 2.45) is 5.92 Å². The highest BCUT2D eigenvalue weighted by molar-refractivity contribution is 7.22. The number of carbonyl (C=O) groups excluding carboxylic acids is 1. The van der Waals surface area contributed by atoms with Crippen LogP contribution in [-0.2, 0) is 4.79 Å². The summed E-state index contributed by atoms with van der Waals surface area (Å²) in [5.74, 6) is 0.296. The second-order valence-corrected chi connectivity index (χ2v) is 9.93. The molecule has 2 fully saturated rings. The predicted molar refractivity (Wildman–Crippen MR) is 130 cm³/mol. The van der Waals surface area contributed by atoms with E-state index in [9.17, 15) is 4.79 Å². The third kappa shape index (κ3) is 4.21. The fourth-order valence-electron chi connectivity index (χ4n) is 4.51. The van der Waals surface area contributed by atoms with Crippen molar-refractivity contribution in [3.05, 3.63) is 52.5 Å². The van der Waals surface area contributed by atoms with Gasteiger partial charge in [-0.15, -0.1) is 0 Å². The molecule has 2 aromatic carbocycles. The van der Waals surface area contributed by atoms with Crippen LogP contribution in [0.25, 0.3) is 10.2 Å². The predicted octanol–water partition coefficient (Wildman–Crippen LogP) is 5.17. The van der Waals surface area contributed by atoms with Gasteiger partial charge in [0, 0.05) is 39.3 Å². The van der Waals surface area contributed by atoms with Gasteiger partial charge in [0.2, 0.25) is 5.91 Å². The standard InChI is InChI=1S/C23H24Cl2N4OS/c24-17-6-3-8-19(21(17)25)27-11-13-28(14-12-27)22(30)16-5-4-10-29(15-16)23-26-18-7-1-2-9-20(18)31-23/h1-3,6-9,16H,4-5,10-15H2. The number of hydrogen-bond acceptors (Lipinski definition) is 5. The van der Waals surface area contributed by atoms with Gasteiger partial charge in [-0.25, -0.2) is 4.98 Å². The number of hydrogen-bond donors (Lipinski definition) is 0. The molecule has 2 aliphatic rings. The number of halogens is 2. The summed E-state index contributed by atoms with van der Waals surface area (Å²) in [4.78, 5) is 24.6. The lowest BCUT2D eigenvalue weighted by molar-refractivity contribution is -0.136. The summed E-state index contributed by atoms with van der Waals surface area (Å²) < 4.78 is 1.20. The molecule has 162 valence electrons. The zero-order chi connectivity index (χ0) is 21.4. The maximum Gasteiger partial charge on any atom is 0.227 e. The molecule has 0 radical (unpaired) electrons. The lowest BCUT2D eigenvalue weighted by Crippen LogP contribution is -2.52. The number of carbonyl (C=O) groups is 1. The minimum atomic E-state index is 0.0297. The zero-order valence-electron chi connectivity index (χ0n) is 17.1. The molecule has 3 aromatic rings. The molecule has 1 amide bonds. The summed E-state index contributed by atoms with van der Waals surface area (Å²) in [6, 6.07) is 13.9. The first kappa shape index (κ1) is 20.9. The molecule has 5 nitrogen and oxygen atoms in total. The van der Waals surface area contributed by atoms with E-state index < -0.39 is 0 Å². The minimum Gasteiger partial charge on any atom is -0.367 e. The Labute approximate surface area is 196 Å². The first-order valence-corrected chi connectivity index (χ1v) is 12.3. The van der Waals surface area contributed by atoms with Crippen molar-refractivity contribution in [1.29, 1.82) is 0 Å². The molecule has 1 atom stereocenters. The molecule has 0 spiro atoms. The van der Waals surface area contributed by atoms with Crippen LogP contribution in [-0.4, -0.2) is 55.1 Å². The Bertz CT molecular complexity index is 1060. The number of nitrogens with zero attached hydrogens (tertiary/aromatic N) is 4. The van der Waals surface area contributed by atoms with Crippen LogP contribution in [0.3, 0.4) is 0 Å². The van der Waals surface area contributed by atoms with Crippen molar-refractivity contribution in [3.8, 4) is 0 Å². The molecule has 1 unspecified atom stereocenters. The lowest BCUT2D eigenvalue weighted by Gasteiger charge is -2.40. The summed E-state index contributed by atoms with van der Waals surface area (Å²) in [7, 11) is 0. The van der Waals surface area contributed by atoms with Gasteiger partial charge in [0.1, 0.15) is 0 Å². The number of piperazine rings is 1. The fourth-order valence-corrected chi connectivity index (χ4v) is 5.93. The summed E-state index contributed by atoms with van der Waals surface area (Å²) >= 11 is 14.3. The van der Waals surface area contributed by atoms with Gasteiger partial charge < -0.3 is 14.7 Å². The molecule has 3 heterocycles. The molecular formula is C23H24Cl2N4OS. The van der Waals surface area contributed by atoms with E-state index in [1.54, 1.807) is 17.4 Å². The van der Waals surface area contributed by atoms with Crippen LogP contribution in [0.15, 0.2) is 42.5 Å². The van der Waals surface area contributed by atoms with E-state index in [2.05, 4.69) is 15.9 Å². The largest absolute Gasteiger partial charge is 0.367 e. The Morgan fingerprint density at radius 1 is 0.968 bits per heavy atom. The molecular weight excluding hydrogens is 451 g/mol. The molecule has 8 heteroatoms. The third-order valence-electron chi connectivity index (χ3n) is 6.19. The van der Waals surface area contributed by atoms with Crippen LogP contribution in [0.5, 0.6) is 0 Å². The van der Waals surface area contributed by atoms with Gasteiger partial charge in [-0.1, -0.05) is 52.7 Å². The molecule has 0 saturated carbocycles. The average molecular weight is 475 g/mol. The zero-order valence-corrected chi connectivity index (χ0v) is 19.5. The van der Waals surface area contributed by atoms with Gasteiger partial charge in [0.05, 0.1) is 31.9 Å². The summed E-state index contributed by atoms with van der Waals surface area (Å²) in [5, 5.41) is 2.18. The quantitative estimate of drug-likeness (QED) is 0.524. The SMILES string of the molecule is O=C(C1CCCN(c2nc3ccccc3s2)C1)N1CCN(c2cccc(Cl)c2Cl)CC1. The van der Waals surface area contributed by atoms with Gasteiger partial charge in [0.25, 0.3) is 0 Å². The number of piperidine rings is 1. The van der Waals surface area contributed by atoms with Crippen LogP contribution < -0.4 is 9.80 Å². The Hall–Kier alpha value is -2.02. The van der Waals surface area contributed by atoms with Gasteiger partial charge in [-0.05, 0) is 37.1 Å². The van der Waals surface area contributed by atoms with Crippen molar-refractivity contribution in [1.82, 2.24) is 9.88 Å². The Balaban J connectivity index is 1.23. The van der Waals surface area contributed by atoms with Crippen LogP contribution in [0.2, 0.25) is 10.0 Å². The average Bonchev–Trinajstić information content (AvgIpc) is 3.25. The fraction of sp³-hybridized carbons (Fsp3) is 0.391. The monoisotopic (exact) mass is 474 g/mol. The van der Waals surface area contributed by atoms with Gasteiger partial charge in [-0.2, -0.15) is 0 Å². The summed E-state index contributed by atoms with van der Waals surface area (Å²) in [5.41, 5.74) is 1.98. The summed E-state index contributed by atoms with van der Waals surface area (Å²) in [6.45, 7) is 4.66. The topological polar surface area (TPSA) is 39.7 Å². The summed E-state index contributed by atoms with van der Waals surface area (Å²) in [6.07, 6.45) is 1.96. The van der Waals surface area contributed by atoms with E-state index in [0.717, 1.165) is 55.4 Å². The van der Waals surface area contributed by atoms with E-state index >= 15 is 0 Å². The number of rotatable bonds is 3. The first-order valence-electron chi connectivity index (χ1n) is 10.7. The highest BCUT2D eigenvalue weighted by Gasteiger charge is 2.32. The second-order valence-electron chi connectivity index (χ2n) is 8.13. The van der Waals surface area contributed by atoms with E-state index in [-0.39, 0.29) is 11.8 Å². The number of benzene rings is 2. The van der Waals surface area contributed by atoms with E-state index in [4.69, 9.17) is 28.2 Å². The van der Waals surface area contributed by atoms with Gasteiger partial charge in [-0.3, -0.25) is 4.79 Å². The third-order valence-corrected chi connectivity index (χ3v) is 8.09. The van der Waals surface area contributed by atoms with Crippen molar-refractivity contribution in [3.63, 3.8) is 0 Å². The smallest absolute Gasteiger partial charge is 0.227 e. The lowest BCUT2D eigenvalue weighted by atomic mass is 9.96.